The van der Waals surface area contributed by atoms with Crippen LogP contribution in [0.2, 0.25) is 0 Å². The molecule has 0 atom stereocenters. The summed E-state index contributed by atoms with van der Waals surface area (Å²) in [5.74, 6) is 3.85. The van der Waals surface area contributed by atoms with E-state index >= 15 is 0 Å². The molecule has 18 nitrogen and oxygen atoms in total. The Morgan fingerprint density at radius 2 is 0.888 bits per heavy atom. The molecule has 27 heteroatoms. The number of aromatic nitrogens is 6. The Kier molecular flexibility index (Phi) is 81.1. The predicted octanol–water partition coefficient (Wildman–Crippen LogP) is 13.2. The molecule has 3 heterocycles. The number of esters is 2. The molecule has 1 amide bonds. The summed E-state index contributed by atoms with van der Waals surface area (Å²) in [4.78, 5) is 62.9. The highest BCUT2D eigenvalue weighted by atomic mass is 127. The van der Waals surface area contributed by atoms with E-state index in [4.69, 9.17) is 40.2 Å². The van der Waals surface area contributed by atoms with Gasteiger partial charge in [0, 0.05) is 50.1 Å². The number of carbonyl (C=O) groups is 6. The standard InChI is InChI=1S/C10H17NO2.2C9H14N2S.C8H13N3S.C8H14O2.C6H15N.C4H6O3.C2H5NO.CH2Cl2.CH3F.4CH4.2ClH.HI/c1-8-2-4-9(5-3-8)10(13)11-6-7-12;2*1-7-2-4-8(5-3-7)9-11-10-6-12-9;9-7-3-1-6(2-4-7)8-11-10-5-12-8;1-6-2-4-7(5-3-6)8(9)10;1-4-7(5-2)6-3;1-3(5)7-4(2)6;3-1-2-4;2-1-3;1-2;;;;;;;/h7-9H,2-6H2,1H3,(H,11,13);2*6-8H,2-5H2,1H3;5-7H,1-4,9H2;6-7H,2-5H2,1H3,(H,9,10);4-6H2,1-3H3;1-2H3;2H,1,3H2;1H2;1H3;4*1H4;3*1H/p-1/i;;;;;;;;;1D;;;;;;;. The molecule has 5 saturated carbocycles. The van der Waals surface area contributed by atoms with E-state index in [0.717, 1.165) is 94.2 Å². The minimum atomic E-state index is -1.00. The van der Waals surface area contributed by atoms with Crippen molar-refractivity contribution in [2.45, 2.75) is 244 Å². The highest BCUT2D eigenvalue weighted by Crippen LogP contribution is 2.37. The number of carboxylic acid groups (broad SMARTS) is 1. The van der Waals surface area contributed by atoms with Crippen LogP contribution in [0.15, 0.2) is 16.5 Å². The van der Waals surface area contributed by atoms with Crippen molar-refractivity contribution in [3.05, 3.63) is 31.6 Å². The van der Waals surface area contributed by atoms with Gasteiger partial charge in [-0.2, -0.15) is 0 Å². The number of nitrogens with zero attached hydrogens (tertiary/aromatic N) is 7. The average molecular weight is 1520 g/mol. The highest BCUT2D eigenvalue weighted by Gasteiger charge is 2.26. The second-order valence-electron chi connectivity index (χ2n) is 21.2. The van der Waals surface area contributed by atoms with Gasteiger partial charge in [-0.15, -0.1) is 113 Å². The molecule has 5 fully saturated rings. The van der Waals surface area contributed by atoms with Crippen LogP contribution in [0.4, 0.5) is 4.39 Å². The number of aliphatic carboxylic acids is 1. The molecular formula is C62H121Cl4FIN10O8S3-. The van der Waals surface area contributed by atoms with Crippen molar-refractivity contribution in [3.8, 4) is 0 Å². The molecule has 6 N–H and O–H groups in total. The number of carboxylic acids is 1. The van der Waals surface area contributed by atoms with Crippen LogP contribution in [0.5, 0.6) is 0 Å². The van der Waals surface area contributed by atoms with E-state index in [1.807, 2.05) is 16.5 Å². The Hall–Kier alpha value is -2.20. The van der Waals surface area contributed by atoms with Gasteiger partial charge in [0.05, 0.1) is 26.3 Å². The normalized spacial score (nSPS) is 22.3. The first kappa shape index (κ1) is 103. The van der Waals surface area contributed by atoms with Gasteiger partial charge in [0.15, 0.2) is 0 Å². The predicted molar refractivity (Wildman–Crippen MR) is 375 cm³/mol. The average Bonchev–Trinajstić information content (AvgIpc) is 4.49. The molecule has 0 aromatic carbocycles. The summed E-state index contributed by atoms with van der Waals surface area (Å²) in [7, 11) is -1.00. The van der Waals surface area contributed by atoms with E-state index in [1.54, 1.807) is 34.0 Å². The summed E-state index contributed by atoms with van der Waals surface area (Å²) >= 11 is 14.6. The molecule has 0 spiro atoms. The van der Waals surface area contributed by atoms with Crippen LogP contribution in [0.25, 0.3) is 0 Å². The summed E-state index contributed by atoms with van der Waals surface area (Å²) in [5.41, 5.74) is 16.0. The van der Waals surface area contributed by atoms with Crippen molar-refractivity contribution in [3.63, 3.8) is 0 Å². The summed E-state index contributed by atoms with van der Waals surface area (Å²) < 4.78 is 19.5. The minimum Gasteiger partial charge on any atom is -1.00 e. The van der Waals surface area contributed by atoms with Gasteiger partial charge in [-0.05, 0) is 146 Å². The third-order valence-corrected chi connectivity index (χ3v) is 17.4. The molecule has 5 aliphatic carbocycles. The summed E-state index contributed by atoms with van der Waals surface area (Å²) in [6.07, 6.45) is 25.0. The van der Waals surface area contributed by atoms with Gasteiger partial charge >= 0.3 is 17.9 Å². The fourth-order valence-electron chi connectivity index (χ4n) is 9.65. The highest BCUT2D eigenvalue weighted by molar-refractivity contribution is 7.09. The van der Waals surface area contributed by atoms with Gasteiger partial charge in [-0.1, -0.05) is 104 Å². The first-order valence-electron chi connectivity index (χ1n) is 29.9. The summed E-state index contributed by atoms with van der Waals surface area (Å²) in [5, 5.41) is 39.1. The first-order valence-corrected chi connectivity index (χ1v) is 32.9. The molecule has 5 aliphatic rings. The largest absolute Gasteiger partial charge is 1.00 e. The van der Waals surface area contributed by atoms with E-state index in [9.17, 15) is 28.4 Å². The van der Waals surface area contributed by atoms with Crippen LogP contribution in [-0.4, -0.2) is 128 Å². The molecule has 0 bridgehead atoms. The number of nitrogens with two attached hydrogens (primary N) is 2. The van der Waals surface area contributed by atoms with Crippen molar-refractivity contribution in [2.75, 3.05) is 45.2 Å². The maximum absolute atomic E-state index is 11.4. The third kappa shape index (κ3) is 55.9. The maximum Gasteiger partial charge on any atom is 0.310 e. The lowest BCUT2D eigenvalue weighted by Crippen LogP contribution is -3.00. The van der Waals surface area contributed by atoms with Gasteiger partial charge in [0.25, 0.3) is 0 Å². The number of aldehydes is 2. The smallest absolute Gasteiger partial charge is 0.310 e. The fourth-order valence-corrected chi connectivity index (χ4v) is 11.8. The number of ether oxygens (including phenoxy) is 1. The number of halogens is 6. The van der Waals surface area contributed by atoms with Gasteiger partial charge in [-0.25, -0.2) is 0 Å². The van der Waals surface area contributed by atoms with Crippen LogP contribution >= 0.6 is 82.0 Å². The maximum atomic E-state index is 11.4. The Morgan fingerprint density at radius 1 is 0.618 bits per heavy atom. The van der Waals surface area contributed by atoms with E-state index in [-0.39, 0.29) is 115 Å². The van der Waals surface area contributed by atoms with Gasteiger partial charge in [0.2, 0.25) is 5.91 Å². The lowest BCUT2D eigenvalue weighted by atomic mass is 9.82. The zero-order valence-corrected chi connectivity index (χ0v) is 59.6. The molecule has 0 unspecified atom stereocenters. The molecule has 3 aromatic heterocycles. The zero-order valence-electron chi connectivity index (χ0n) is 52.9. The third-order valence-electron chi connectivity index (χ3n) is 14.8. The summed E-state index contributed by atoms with van der Waals surface area (Å²) in [6, 6.07) is 0.425. The molecule has 0 aliphatic heterocycles. The van der Waals surface area contributed by atoms with Gasteiger partial charge in [-0.3, -0.25) is 23.6 Å². The lowest BCUT2D eigenvalue weighted by molar-refractivity contribution is -0.156. The SMILES string of the molecule is C.C.C.C.CC(=O)OC(C)=O.CC1CCC(C(=O)NCC=O)CC1.CC1CCC(C(=O)O)CC1.CC1CCC(c2nncs2)CC1.CC1CCC(c2nncs2)CC1.CCN(CC)CC.Cl.Cl.ClCCl.NC1CCC(c2nncs2)CC1.NCC=O.[2H]CF.[I-]. The van der Waals surface area contributed by atoms with Gasteiger partial charge < -0.3 is 65.1 Å². The van der Waals surface area contributed by atoms with Crippen molar-refractivity contribution in [1.82, 2.24) is 40.8 Å². The first-order chi connectivity index (χ1) is 39.7. The number of rotatable bonds is 11. The monoisotopic (exact) mass is 1520 g/mol. The van der Waals surface area contributed by atoms with Crippen molar-refractivity contribution < 1.29 is 68.3 Å². The molecule has 0 radical (unpaired) electrons. The quantitative estimate of drug-likeness (QED) is 0.0456. The second-order valence-corrected chi connectivity index (χ2v) is 24.6. The Labute approximate surface area is 591 Å². The number of amides is 1. The van der Waals surface area contributed by atoms with E-state index < -0.39 is 25.1 Å². The van der Waals surface area contributed by atoms with E-state index in [0.29, 0.717) is 30.1 Å². The second kappa shape index (κ2) is 70.1. The Bertz CT molecular complexity index is 1860. The topological polar surface area (TPSA) is 277 Å². The summed E-state index contributed by atoms with van der Waals surface area (Å²) in [6.45, 7) is 21.9. The number of nitrogens with one attached hydrogen (secondary N) is 1. The molecule has 3 aromatic rings. The lowest BCUT2D eigenvalue weighted by Gasteiger charge is -2.24. The van der Waals surface area contributed by atoms with Crippen molar-refractivity contribution >= 4 is 118 Å². The zero-order chi connectivity index (χ0) is 62.8. The molecule has 0 saturated heterocycles. The van der Waals surface area contributed by atoms with Gasteiger partial charge in [0.1, 0.15) is 44.1 Å². The minimum absolute atomic E-state index is 0. The molecule has 528 valence electrons. The molecular weight excluding hydrogens is 1400 g/mol. The number of alkyl halides is 3. The van der Waals surface area contributed by atoms with E-state index in [2.05, 4.69) is 99.7 Å². The van der Waals surface area contributed by atoms with Crippen LogP contribution in [-0.2, 0) is 33.5 Å². The molecule has 8 rings (SSSR count). The van der Waals surface area contributed by atoms with Crippen molar-refractivity contribution in [1.29, 1.82) is 0 Å². The van der Waals surface area contributed by atoms with Crippen LogP contribution < -0.4 is 40.8 Å². The van der Waals surface area contributed by atoms with Crippen LogP contribution in [0.3, 0.4) is 0 Å². The van der Waals surface area contributed by atoms with Crippen LogP contribution in [0, 0.1) is 35.5 Å². The number of hydrogen-bond acceptors (Lipinski definition) is 19. The Balaban J connectivity index is -0.000000118. The van der Waals surface area contributed by atoms with E-state index in [1.165, 1.54) is 113 Å². The Morgan fingerprint density at radius 3 is 1.09 bits per heavy atom. The number of carbonyl (C=O) groups excluding carboxylic acids is 5. The molecule has 89 heavy (non-hydrogen) atoms. The van der Waals surface area contributed by atoms with Crippen molar-refractivity contribution in [2.24, 2.45) is 47.0 Å². The van der Waals surface area contributed by atoms with Crippen LogP contribution in [0.1, 0.15) is 255 Å². The number of hydrogen-bond donors (Lipinski definition) is 4. The fraction of sp³-hybridized carbons (Fsp3) is 0.806.